The van der Waals surface area contributed by atoms with Gasteiger partial charge in [0.25, 0.3) is 5.91 Å². The van der Waals surface area contributed by atoms with Crippen molar-refractivity contribution in [3.63, 3.8) is 0 Å². The largest absolute Gasteiger partial charge is 0.355 e. The summed E-state index contributed by atoms with van der Waals surface area (Å²) in [4.78, 5) is 14.8. The Balaban J connectivity index is 2.15. The maximum absolute atomic E-state index is 13.9. The SMILES string of the molecule is CCN(CC)C(=O)c1ccc(Nc2cccc(F)c2C)c2cccc(C)c12. The first-order valence-electron chi connectivity index (χ1n) is 9.31. The molecule has 3 aromatic carbocycles. The van der Waals surface area contributed by atoms with Gasteiger partial charge in [0.2, 0.25) is 0 Å². The van der Waals surface area contributed by atoms with Crippen LogP contribution in [0.5, 0.6) is 0 Å². The van der Waals surface area contributed by atoms with Crippen molar-refractivity contribution < 1.29 is 9.18 Å². The van der Waals surface area contributed by atoms with Crippen LogP contribution in [0.4, 0.5) is 15.8 Å². The quantitative estimate of drug-likeness (QED) is 0.618. The molecule has 0 spiro atoms. The molecule has 27 heavy (non-hydrogen) atoms. The van der Waals surface area contributed by atoms with Crippen molar-refractivity contribution in [2.45, 2.75) is 27.7 Å². The first-order chi connectivity index (χ1) is 13.0. The minimum atomic E-state index is -0.242. The fourth-order valence-electron chi connectivity index (χ4n) is 3.45. The van der Waals surface area contributed by atoms with Crippen molar-refractivity contribution >= 4 is 28.1 Å². The second kappa shape index (κ2) is 7.78. The fourth-order valence-corrected chi connectivity index (χ4v) is 3.45. The van der Waals surface area contributed by atoms with Crippen LogP contribution in [0.1, 0.15) is 35.3 Å². The molecule has 0 fully saturated rings. The zero-order valence-electron chi connectivity index (χ0n) is 16.3. The van der Waals surface area contributed by atoms with E-state index in [-0.39, 0.29) is 11.7 Å². The summed E-state index contributed by atoms with van der Waals surface area (Å²) < 4.78 is 13.9. The molecule has 140 valence electrons. The average Bonchev–Trinajstić information content (AvgIpc) is 2.67. The zero-order valence-corrected chi connectivity index (χ0v) is 16.3. The highest BCUT2D eigenvalue weighted by Crippen LogP contribution is 2.33. The number of nitrogens with one attached hydrogen (secondary N) is 1. The predicted molar refractivity (Wildman–Crippen MR) is 110 cm³/mol. The van der Waals surface area contributed by atoms with Crippen LogP contribution in [-0.4, -0.2) is 23.9 Å². The van der Waals surface area contributed by atoms with Gasteiger partial charge < -0.3 is 10.2 Å². The highest BCUT2D eigenvalue weighted by atomic mass is 19.1. The second-order valence-electron chi connectivity index (χ2n) is 6.67. The van der Waals surface area contributed by atoms with E-state index in [1.54, 1.807) is 13.0 Å². The molecule has 3 nitrogen and oxygen atoms in total. The van der Waals surface area contributed by atoms with Crippen LogP contribution in [0.15, 0.2) is 48.5 Å². The Bertz CT molecular complexity index is 993. The molecule has 0 atom stereocenters. The summed E-state index contributed by atoms with van der Waals surface area (Å²) in [5.74, 6) is -0.207. The maximum atomic E-state index is 13.9. The summed E-state index contributed by atoms with van der Waals surface area (Å²) in [7, 11) is 0. The van der Waals surface area contributed by atoms with Gasteiger partial charge in [0.1, 0.15) is 5.82 Å². The number of anilines is 2. The first kappa shape index (κ1) is 18.9. The molecule has 0 saturated carbocycles. The van der Waals surface area contributed by atoms with E-state index < -0.39 is 0 Å². The number of aryl methyl sites for hydroxylation is 1. The van der Waals surface area contributed by atoms with Gasteiger partial charge in [0.15, 0.2) is 0 Å². The number of amides is 1. The number of carbonyl (C=O) groups is 1. The highest BCUT2D eigenvalue weighted by Gasteiger charge is 2.18. The van der Waals surface area contributed by atoms with Crippen LogP contribution in [0, 0.1) is 19.7 Å². The maximum Gasteiger partial charge on any atom is 0.254 e. The van der Waals surface area contributed by atoms with Crippen molar-refractivity contribution in [3.05, 3.63) is 71.0 Å². The van der Waals surface area contributed by atoms with E-state index in [4.69, 9.17) is 0 Å². The molecule has 0 unspecified atom stereocenters. The lowest BCUT2D eigenvalue weighted by Gasteiger charge is -2.21. The molecule has 0 radical (unpaired) electrons. The van der Waals surface area contributed by atoms with Crippen LogP contribution in [0.25, 0.3) is 10.8 Å². The van der Waals surface area contributed by atoms with E-state index in [0.29, 0.717) is 24.2 Å². The van der Waals surface area contributed by atoms with E-state index in [2.05, 4.69) is 5.32 Å². The molecule has 1 N–H and O–H groups in total. The van der Waals surface area contributed by atoms with Crippen molar-refractivity contribution in [3.8, 4) is 0 Å². The van der Waals surface area contributed by atoms with Gasteiger partial charge in [-0.3, -0.25) is 4.79 Å². The van der Waals surface area contributed by atoms with Crippen LogP contribution >= 0.6 is 0 Å². The lowest BCUT2D eigenvalue weighted by molar-refractivity contribution is 0.0775. The number of nitrogens with zero attached hydrogens (tertiary/aromatic N) is 1. The number of hydrogen-bond acceptors (Lipinski definition) is 2. The van der Waals surface area contributed by atoms with Gasteiger partial charge in [0, 0.05) is 41.0 Å². The van der Waals surface area contributed by atoms with Gasteiger partial charge in [-0.15, -0.1) is 0 Å². The third kappa shape index (κ3) is 3.52. The van der Waals surface area contributed by atoms with E-state index in [9.17, 15) is 9.18 Å². The Hall–Kier alpha value is -2.88. The number of carbonyl (C=O) groups excluding carboxylic acids is 1. The minimum Gasteiger partial charge on any atom is -0.355 e. The van der Waals surface area contributed by atoms with Crippen LogP contribution in [0.2, 0.25) is 0 Å². The normalized spacial score (nSPS) is 10.9. The van der Waals surface area contributed by atoms with Gasteiger partial charge >= 0.3 is 0 Å². The van der Waals surface area contributed by atoms with Crippen molar-refractivity contribution in [2.24, 2.45) is 0 Å². The van der Waals surface area contributed by atoms with E-state index in [0.717, 1.165) is 27.7 Å². The van der Waals surface area contributed by atoms with Gasteiger partial charge in [-0.2, -0.15) is 0 Å². The third-order valence-electron chi connectivity index (χ3n) is 5.07. The molecule has 0 aliphatic rings. The van der Waals surface area contributed by atoms with Crippen LogP contribution < -0.4 is 5.32 Å². The van der Waals surface area contributed by atoms with Gasteiger partial charge in [0.05, 0.1) is 0 Å². The summed E-state index contributed by atoms with van der Waals surface area (Å²) >= 11 is 0. The molecule has 4 heteroatoms. The second-order valence-corrected chi connectivity index (χ2v) is 6.67. The molecule has 3 aromatic rings. The summed E-state index contributed by atoms with van der Waals surface area (Å²) in [6, 6.07) is 14.8. The van der Waals surface area contributed by atoms with Gasteiger partial charge in [-0.25, -0.2) is 4.39 Å². The van der Waals surface area contributed by atoms with Crippen LogP contribution in [-0.2, 0) is 0 Å². The molecule has 0 aliphatic heterocycles. The molecular weight excluding hydrogens is 339 g/mol. The zero-order chi connectivity index (χ0) is 19.6. The number of rotatable bonds is 5. The lowest BCUT2D eigenvalue weighted by atomic mass is 9.97. The van der Waals surface area contributed by atoms with Crippen molar-refractivity contribution in [1.29, 1.82) is 0 Å². The highest BCUT2D eigenvalue weighted by molar-refractivity contribution is 6.11. The number of halogens is 1. The summed E-state index contributed by atoms with van der Waals surface area (Å²) in [6.07, 6.45) is 0. The fraction of sp³-hybridized carbons (Fsp3) is 0.261. The van der Waals surface area contributed by atoms with E-state index in [1.165, 1.54) is 6.07 Å². The molecule has 0 saturated heterocycles. The van der Waals surface area contributed by atoms with Crippen molar-refractivity contribution in [1.82, 2.24) is 4.90 Å². The molecular formula is C23H25FN2O. The number of benzene rings is 3. The van der Waals surface area contributed by atoms with E-state index >= 15 is 0 Å². The predicted octanol–water partition coefficient (Wildman–Crippen LogP) is 5.82. The molecule has 0 bridgehead atoms. The Kier molecular flexibility index (Phi) is 5.45. The Labute approximate surface area is 159 Å². The lowest BCUT2D eigenvalue weighted by Crippen LogP contribution is -2.30. The van der Waals surface area contributed by atoms with Crippen molar-refractivity contribution in [2.75, 3.05) is 18.4 Å². The smallest absolute Gasteiger partial charge is 0.254 e. The summed E-state index contributed by atoms with van der Waals surface area (Å²) in [5, 5.41) is 5.24. The molecule has 0 heterocycles. The molecule has 1 amide bonds. The van der Waals surface area contributed by atoms with E-state index in [1.807, 2.05) is 62.1 Å². The Morgan fingerprint density at radius 1 is 0.963 bits per heavy atom. The monoisotopic (exact) mass is 364 g/mol. The summed E-state index contributed by atoms with van der Waals surface area (Å²) in [5.41, 5.74) is 3.90. The molecule has 0 aromatic heterocycles. The Morgan fingerprint density at radius 3 is 2.37 bits per heavy atom. The number of fused-ring (bicyclic) bond motifs is 1. The first-order valence-corrected chi connectivity index (χ1v) is 9.31. The summed E-state index contributed by atoms with van der Waals surface area (Å²) in [6.45, 7) is 9.08. The van der Waals surface area contributed by atoms with Gasteiger partial charge in [-0.1, -0.05) is 24.3 Å². The standard InChI is InChI=1S/C23H25FN2O/c1-5-26(6-2)23(27)18-13-14-21(17-10-7-9-15(3)22(17)18)25-20-12-8-11-19(24)16(20)4/h7-14,25H,5-6H2,1-4H3. The van der Waals surface area contributed by atoms with Gasteiger partial charge in [-0.05, 0) is 62.9 Å². The Morgan fingerprint density at radius 2 is 1.67 bits per heavy atom. The number of hydrogen-bond donors (Lipinski definition) is 1. The molecule has 3 rings (SSSR count). The topological polar surface area (TPSA) is 32.3 Å². The molecule has 0 aliphatic carbocycles. The average molecular weight is 364 g/mol. The minimum absolute atomic E-state index is 0.0350. The third-order valence-corrected chi connectivity index (χ3v) is 5.07. The van der Waals surface area contributed by atoms with Crippen LogP contribution in [0.3, 0.4) is 0 Å².